The molecule has 3 aromatic rings. The largest absolute Gasteiger partial charge is 0.361 e. The number of nitriles is 1. The maximum Gasteiger partial charge on any atom is 0.323 e. The summed E-state index contributed by atoms with van der Waals surface area (Å²) >= 11 is 0. The summed E-state index contributed by atoms with van der Waals surface area (Å²) in [5.74, 6) is 0. The number of fused-ring (bicyclic) bond motifs is 1. The van der Waals surface area contributed by atoms with Crippen LogP contribution < -0.4 is 10.6 Å². The molecule has 5 nitrogen and oxygen atoms in total. The van der Waals surface area contributed by atoms with Crippen molar-refractivity contribution in [2.24, 2.45) is 0 Å². The minimum absolute atomic E-state index is 0.324. The topological polar surface area (TPSA) is 80.7 Å². The number of aromatic amines is 1. The van der Waals surface area contributed by atoms with Crippen LogP contribution in [0, 0.1) is 11.3 Å². The molecule has 0 bridgehead atoms. The zero-order valence-electron chi connectivity index (χ0n) is 11.1. The minimum Gasteiger partial charge on any atom is -0.361 e. The van der Waals surface area contributed by atoms with Gasteiger partial charge in [0.15, 0.2) is 0 Å². The third-order valence-corrected chi connectivity index (χ3v) is 3.08. The first-order chi connectivity index (χ1) is 10.2. The van der Waals surface area contributed by atoms with Crippen LogP contribution in [0.1, 0.15) is 5.56 Å². The first kappa shape index (κ1) is 12.8. The molecule has 0 radical (unpaired) electrons. The number of carbonyl (C=O) groups is 1. The summed E-state index contributed by atoms with van der Waals surface area (Å²) in [7, 11) is 0. The zero-order chi connectivity index (χ0) is 14.7. The molecular weight excluding hydrogens is 264 g/mol. The summed E-state index contributed by atoms with van der Waals surface area (Å²) in [5.41, 5.74) is 2.93. The van der Waals surface area contributed by atoms with Crippen LogP contribution in [0.5, 0.6) is 0 Å². The van der Waals surface area contributed by atoms with Crippen molar-refractivity contribution < 1.29 is 4.79 Å². The van der Waals surface area contributed by atoms with E-state index in [1.165, 1.54) is 0 Å². The Balaban J connectivity index is 1.69. The maximum atomic E-state index is 11.9. The van der Waals surface area contributed by atoms with Gasteiger partial charge in [-0.2, -0.15) is 5.26 Å². The van der Waals surface area contributed by atoms with Crippen LogP contribution in [0.4, 0.5) is 16.2 Å². The van der Waals surface area contributed by atoms with Gasteiger partial charge in [0, 0.05) is 28.5 Å². The maximum absolute atomic E-state index is 11.9. The van der Waals surface area contributed by atoms with Crippen LogP contribution in [0.3, 0.4) is 0 Å². The van der Waals surface area contributed by atoms with Crippen molar-refractivity contribution in [2.75, 3.05) is 10.6 Å². The minimum atomic E-state index is -0.324. The number of hydrogen-bond acceptors (Lipinski definition) is 2. The highest BCUT2D eigenvalue weighted by atomic mass is 16.2. The fourth-order valence-electron chi connectivity index (χ4n) is 2.05. The van der Waals surface area contributed by atoms with Crippen molar-refractivity contribution in [3.8, 4) is 6.07 Å². The van der Waals surface area contributed by atoms with Gasteiger partial charge in [-0.3, -0.25) is 0 Å². The molecule has 102 valence electrons. The van der Waals surface area contributed by atoms with E-state index in [1.807, 2.05) is 36.5 Å². The normalized spacial score (nSPS) is 10.0. The third-order valence-electron chi connectivity index (χ3n) is 3.08. The monoisotopic (exact) mass is 276 g/mol. The molecule has 0 spiro atoms. The highest BCUT2D eigenvalue weighted by Crippen LogP contribution is 2.18. The van der Waals surface area contributed by atoms with Gasteiger partial charge in [-0.1, -0.05) is 0 Å². The molecule has 0 saturated carbocycles. The Morgan fingerprint density at radius 3 is 2.48 bits per heavy atom. The van der Waals surface area contributed by atoms with E-state index < -0.39 is 0 Å². The average molecular weight is 276 g/mol. The Hall–Kier alpha value is -3.26. The number of hydrogen-bond donors (Lipinski definition) is 3. The number of urea groups is 1. The molecule has 1 heterocycles. The smallest absolute Gasteiger partial charge is 0.323 e. The Bertz CT molecular complexity index is 827. The number of carbonyl (C=O) groups excluding carboxylic acids is 1. The van der Waals surface area contributed by atoms with Crippen molar-refractivity contribution in [3.63, 3.8) is 0 Å². The number of H-pyrrole nitrogens is 1. The number of nitrogens with one attached hydrogen (secondary N) is 3. The van der Waals surface area contributed by atoms with Crippen molar-refractivity contribution in [1.29, 1.82) is 5.26 Å². The van der Waals surface area contributed by atoms with Gasteiger partial charge in [-0.05, 0) is 48.5 Å². The van der Waals surface area contributed by atoms with Crippen LogP contribution in [0.2, 0.25) is 0 Å². The number of nitrogens with zero attached hydrogens (tertiary/aromatic N) is 1. The number of amides is 2. The lowest BCUT2D eigenvalue weighted by Crippen LogP contribution is -2.19. The van der Waals surface area contributed by atoms with E-state index in [0.29, 0.717) is 16.9 Å². The standard InChI is InChI=1S/C16H12N4O/c17-10-11-1-3-13(4-2-11)19-16(21)20-14-5-6-15-12(9-14)7-8-18-15/h1-9,18H,(H2,19,20,21). The average Bonchev–Trinajstić information content (AvgIpc) is 2.95. The van der Waals surface area contributed by atoms with Crippen LogP contribution in [-0.4, -0.2) is 11.0 Å². The Kier molecular flexibility index (Phi) is 3.27. The van der Waals surface area contributed by atoms with Crippen molar-refractivity contribution in [3.05, 3.63) is 60.3 Å². The van der Waals surface area contributed by atoms with Gasteiger partial charge >= 0.3 is 6.03 Å². The molecule has 0 saturated heterocycles. The summed E-state index contributed by atoms with van der Waals surface area (Å²) < 4.78 is 0. The van der Waals surface area contributed by atoms with Gasteiger partial charge in [0.1, 0.15) is 0 Å². The molecule has 3 N–H and O–H groups in total. The number of benzene rings is 2. The lowest BCUT2D eigenvalue weighted by Gasteiger charge is -2.07. The van der Waals surface area contributed by atoms with Gasteiger partial charge < -0.3 is 15.6 Å². The molecule has 0 aliphatic carbocycles. The second-order valence-corrected chi connectivity index (χ2v) is 4.55. The fourth-order valence-corrected chi connectivity index (χ4v) is 2.05. The first-order valence-corrected chi connectivity index (χ1v) is 6.40. The molecule has 0 fully saturated rings. The van der Waals surface area contributed by atoms with Crippen LogP contribution in [-0.2, 0) is 0 Å². The highest BCUT2D eigenvalue weighted by molar-refractivity contribution is 6.01. The zero-order valence-corrected chi connectivity index (χ0v) is 11.1. The van der Waals surface area contributed by atoms with Gasteiger partial charge in [0.2, 0.25) is 0 Å². The van der Waals surface area contributed by atoms with E-state index in [0.717, 1.165) is 10.9 Å². The van der Waals surface area contributed by atoms with Crippen LogP contribution >= 0.6 is 0 Å². The Morgan fingerprint density at radius 1 is 1.00 bits per heavy atom. The molecule has 2 aromatic carbocycles. The highest BCUT2D eigenvalue weighted by Gasteiger charge is 2.04. The summed E-state index contributed by atoms with van der Waals surface area (Å²) in [5, 5.41) is 15.2. The van der Waals surface area contributed by atoms with E-state index in [1.54, 1.807) is 24.3 Å². The summed E-state index contributed by atoms with van der Waals surface area (Å²) in [6.07, 6.45) is 1.85. The molecule has 2 amide bonds. The van der Waals surface area contributed by atoms with Crippen molar-refractivity contribution in [2.45, 2.75) is 0 Å². The number of rotatable bonds is 2. The first-order valence-electron chi connectivity index (χ1n) is 6.40. The molecule has 0 unspecified atom stereocenters. The number of aromatic nitrogens is 1. The van der Waals surface area contributed by atoms with Gasteiger partial charge in [0.05, 0.1) is 11.6 Å². The molecule has 21 heavy (non-hydrogen) atoms. The Morgan fingerprint density at radius 2 is 1.71 bits per heavy atom. The molecule has 3 rings (SSSR count). The summed E-state index contributed by atoms with van der Waals surface area (Å²) in [4.78, 5) is 15.0. The molecule has 1 aromatic heterocycles. The van der Waals surface area contributed by atoms with Gasteiger partial charge in [0.25, 0.3) is 0 Å². The van der Waals surface area contributed by atoms with E-state index in [9.17, 15) is 4.79 Å². The molecule has 0 atom stereocenters. The van der Waals surface area contributed by atoms with E-state index in [-0.39, 0.29) is 6.03 Å². The fraction of sp³-hybridized carbons (Fsp3) is 0. The molecule has 5 heteroatoms. The van der Waals surface area contributed by atoms with Crippen LogP contribution in [0.15, 0.2) is 54.7 Å². The predicted octanol–water partition coefficient (Wildman–Crippen LogP) is 3.68. The predicted molar refractivity (Wildman–Crippen MR) is 82.1 cm³/mol. The number of anilines is 2. The van der Waals surface area contributed by atoms with Crippen molar-refractivity contribution >= 4 is 28.3 Å². The van der Waals surface area contributed by atoms with E-state index in [4.69, 9.17) is 5.26 Å². The second kappa shape index (κ2) is 5.39. The van der Waals surface area contributed by atoms with Crippen molar-refractivity contribution in [1.82, 2.24) is 4.98 Å². The lowest BCUT2D eigenvalue weighted by atomic mass is 10.2. The third kappa shape index (κ3) is 2.85. The van der Waals surface area contributed by atoms with E-state index >= 15 is 0 Å². The quantitative estimate of drug-likeness (QED) is 0.667. The molecule has 0 aliphatic heterocycles. The molecular formula is C16H12N4O. The lowest BCUT2D eigenvalue weighted by molar-refractivity contribution is 0.262. The summed E-state index contributed by atoms with van der Waals surface area (Å²) in [6, 6.07) is 16.0. The molecule has 0 aliphatic rings. The second-order valence-electron chi connectivity index (χ2n) is 4.55. The van der Waals surface area contributed by atoms with Gasteiger partial charge in [-0.25, -0.2) is 4.79 Å². The van der Waals surface area contributed by atoms with Gasteiger partial charge in [-0.15, -0.1) is 0 Å². The van der Waals surface area contributed by atoms with E-state index in [2.05, 4.69) is 15.6 Å². The SMILES string of the molecule is N#Cc1ccc(NC(=O)Nc2ccc3[nH]ccc3c2)cc1. The Labute approximate surface area is 121 Å². The van der Waals surface area contributed by atoms with Crippen LogP contribution in [0.25, 0.3) is 10.9 Å². The summed E-state index contributed by atoms with van der Waals surface area (Å²) in [6.45, 7) is 0.